The molecule has 4 aliphatic rings. The number of fused-ring (bicyclic) bond motifs is 2. The smallest absolute Gasteiger partial charge is 0.172 e. The molecule has 1 aliphatic heterocycles. The molecule has 22 heavy (non-hydrogen) atoms. The molecule has 122 valence electrons. The standard InChI is InChI=1S/C18H26O4/c19-16(12-4-2-1-3-5-12)7-6-13-14-11-18(21-8-9-22-18)15(14)10-17(13)20/h12-17,19-20H,1-5,8-11H2. The molecular formula is C18H26O4. The Labute approximate surface area is 132 Å². The molecule has 1 heterocycles. The molecule has 3 aliphatic carbocycles. The van der Waals surface area contributed by atoms with Crippen LogP contribution in [0.1, 0.15) is 44.9 Å². The van der Waals surface area contributed by atoms with Crippen LogP contribution in [0.15, 0.2) is 0 Å². The fourth-order valence-electron chi connectivity index (χ4n) is 4.97. The summed E-state index contributed by atoms with van der Waals surface area (Å²) in [7, 11) is 0. The SMILES string of the molecule is OC(C#CC1C(O)CC2C1CC21OCCO1)C1CCCCC1. The Hall–Kier alpha value is -0.600. The second-order valence-corrected chi connectivity index (χ2v) is 7.44. The summed E-state index contributed by atoms with van der Waals surface area (Å²) in [6.45, 7) is 1.33. The van der Waals surface area contributed by atoms with E-state index < -0.39 is 18.0 Å². The largest absolute Gasteiger partial charge is 0.392 e. The van der Waals surface area contributed by atoms with Crippen molar-refractivity contribution in [1.29, 1.82) is 0 Å². The Morgan fingerprint density at radius 3 is 2.55 bits per heavy atom. The normalized spacial score (nSPS) is 41.5. The summed E-state index contributed by atoms with van der Waals surface area (Å²) < 4.78 is 11.6. The highest BCUT2D eigenvalue weighted by Gasteiger charge is 2.64. The molecule has 3 saturated carbocycles. The maximum Gasteiger partial charge on any atom is 0.172 e. The average molecular weight is 306 g/mol. The molecule has 0 radical (unpaired) electrons. The van der Waals surface area contributed by atoms with Gasteiger partial charge in [-0.15, -0.1) is 0 Å². The summed E-state index contributed by atoms with van der Waals surface area (Å²) in [5.41, 5.74) is 0. The Morgan fingerprint density at radius 1 is 1.09 bits per heavy atom. The predicted octanol–water partition coefficient (Wildman–Crippen LogP) is 1.69. The van der Waals surface area contributed by atoms with Gasteiger partial charge in [-0.25, -0.2) is 0 Å². The van der Waals surface area contributed by atoms with Crippen LogP contribution in [0.25, 0.3) is 0 Å². The monoisotopic (exact) mass is 306 g/mol. The first-order valence-corrected chi connectivity index (χ1v) is 8.85. The lowest BCUT2D eigenvalue weighted by molar-refractivity contribution is -0.270. The van der Waals surface area contributed by atoms with Gasteiger partial charge in [0.15, 0.2) is 5.79 Å². The number of hydrogen-bond acceptors (Lipinski definition) is 4. The van der Waals surface area contributed by atoms with Crippen LogP contribution in [0.4, 0.5) is 0 Å². The molecule has 0 aromatic heterocycles. The predicted molar refractivity (Wildman–Crippen MR) is 80.7 cm³/mol. The highest BCUT2D eigenvalue weighted by Crippen LogP contribution is 2.59. The zero-order valence-corrected chi connectivity index (χ0v) is 13.0. The molecule has 4 heteroatoms. The summed E-state index contributed by atoms with van der Waals surface area (Å²) in [4.78, 5) is 0. The molecule has 4 rings (SSSR count). The number of rotatable bonds is 1. The molecule has 0 aromatic rings. The van der Waals surface area contributed by atoms with E-state index in [1.165, 1.54) is 19.3 Å². The van der Waals surface area contributed by atoms with Crippen LogP contribution < -0.4 is 0 Å². The third-order valence-corrected chi connectivity index (χ3v) is 6.24. The Morgan fingerprint density at radius 2 is 1.82 bits per heavy atom. The lowest BCUT2D eigenvalue weighted by Gasteiger charge is -2.48. The van der Waals surface area contributed by atoms with Gasteiger partial charge >= 0.3 is 0 Å². The van der Waals surface area contributed by atoms with E-state index >= 15 is 0 Å². The molecule has 2 N–H and O–H groups in total. The van der Waals surface area contributed by atoms with Crippen molar-refractivity contribution in [2.45, 2.75) is 62.9 Å². The highest BCUT2D eigenvalue weighted by molar-refractivity contribution is 5.20. The van der Waals surface area contributed by atoms with Crippen molar-refractivity contribution in [3.63, 3.8) is 0 Å². The summed E-state index contributed by atoms with van der Waals surface area (Å²) in [6, 6.07) is 0. The van der Waals surface area contributed by atoms with Crippen molar-refractivity contribution < 1.29 is 19.7 Å². The van der Waals surface area contributed by atoms with Crippen molar-refractivity contribution in [2.75, 3.05) is 13.2 Å². The minimum Gasteiger partial charge on any atom is -0.392 e. The van der Waals surface area contributed by atoms with E-state index in [1.807, 2.05) is 0 Å². The van der Waals surface area contributed by atoms with E-state index in [0.29, 0.717) is 31.5 Å². The van der Waals surface area contributed by atoms with Gasteiger partial charge in [-0.1, -0.05) is 31.1 Å². The van der Waals surface area contributed by atoms with Gasteiger partial charge in [0.1, 0.15) is 6.10 Å². The van der Waals surface area contributed by atoms with Crippen LogP contribution in [0, 0.1) is 35.5 Å². The van der Waals surface area contributed by atoms with Crippen LogP contribution in [-0.4, -0.2) is 41.4 Å². The van der Waals surface area contributed by atoms with Crippen LogP contribution >= 0.6 is 0 Å². The first-order valence-electron chi connectivity index (χ1n) is 8.85. The molecular weight excluding hydrogens is 280 g/mol. The topological polar surface area (TPSA) is 58.9 Å². The highest BCUT2D eigenvalue weighted by atomic mass is 16.7. The maximum absolute atomic E-state index is 10.3. The molecule has 5 atom stereocenters. The van der Waals surface area contributed by atoms with Crippen molar-refractivity contribution in [2.24, 2.45) is 23.7 Å². The Bertz CT molecular complexity index is 467. The van der Waals surface area contributed by atoms with E-state index in [2.05, 4.69) is 11.8 Å². The zero-order chi connectivity index (χ0) is 15.2. The minimum atomic E-state index is -0.528. The zero-order valence-electron chi connectivity index (χ0n) is 13.0. The second-order valence-electron chi connectivity index (χ2n) is 7.44. The Balaban J connectivity index is 1.40. The van der Waals surface area contributed by atoms with Crippen molar-refractivity contribution >= 4 is 0 Å². The molecule has 0 amide bonds. The summed E-state index contributed by atoms with van der Waals surface area (Å²) in [5, 5.41) is 20.6. The first-order chi connectivity index (χ1) is 10.7. The van der Waals surface area contributed by atoms with Gasteiger partial charge in [0.2, 0.25) is 0 Å². The van der Waals surface area contributed by atoms with Crippen molar-refractivity contribution in [3.8, 4) is 11.8 Å². The van der Waals surface area contributed by atoms with Crippen LogP contribution in [0.3, 0.4) is 0 Å². The van der Waals surface area contributed by atoms with Gasteiger partial charge in [-0.2, -0.15) is 0 Å². The molecule has 5 unspecified atom stereocenters. The summed E-state index contributed by atoms with van der Waals surface area (Å²) in [6.07, 6.45) is 6.47. The molecule has 1 saturated heterocycles. The number of ether oxygens (including phenoxy) is 2. The molecule has 0 aromatic carbocycles. The molecule has 4 nitrogen and oxygen atoms in total. The van der Waals surface area contributed by atoms with Gasteiger partial charge in [-0.05, 0) is 31.1 Å². The summed E-state index contributed by atoms with van der Waals surface area (Å²) >= 11 is 0. The van der Waals surface area contributed by atoms with E-state index in [0.717, 1.165) is 19.3 Å². The fourth-order valence-corrected chi connectivity index (χ4v) is 4.97. The van der Waals surface area contributed by atoms with Crippen molar-refractivity contribution in [1.82, 2.24) is 0 Å². The lowest BCUT2D eigenvalue weighted by atomic mass is 9.67. The van der Waals surface area contributed by atoms with E-state index in [1.54, 1.807) is 0 Å². The third kappa shape index (κ3) is 2.39. The van der Waals surface area contributed by atoms with Gasteiger partial charge in [0.05, 0.1) is 19.3 Å². The average Bonchev–Trinajstić information content (AvgIpc) is 3.12. The van der Waals surface area contributed by atoms with Crippen LogP contribution in [0.5, 0.6) is 0 Å². The Kier molecular flexibility index (Phi) is 3.94. The van der Waals surface area contributed by atoms with Crippen molar-refractivity contribution in [3.05, 3.63) is 0 Å². The first kappa shape index (κ1) is 15.0. The van der Waals surface area contributed by atoms with Gasteiger partial charge in [-0.3, -0.25) is 0 Å². The lowest BCUT2D eigenvalue weighted by Crippen LogP contribution is -2.53. The van der Waals surface area contributed by atoms with Crippen LogP contribution in [0.2, 0.25) is 0 Å². The van der Waals surface area contributed by atoms with E-state index in [4.69, 9.17) is 9.47 Å². The summed E-state index contributed by atoms with van der Waals surface area (Å²) in [5.74, 6) is 6.76. The van der Waals surface area contributed by atoms with Crippen LogP contribution in [-0.2, 0) is 9.47 Å². The minimum absolute atomic E-state index is 0.0262. The molecule has 1 spiro atoms. The van der Waals surface area contributed by atoms with E-state index in [-0.39, 0.29) is 11.8 Å². The fraction of sp³-hybridized carbons (Fsp3) is 0.889. The molecule has 0 bridgehead atoms. The number of hydrogen-bond donors (Lipinski definition) is 2. The number of aliphatic hydroxyl groups is 2. The van der Waals surface area contributed by atoms with Gasteiger partial charge < -0.3 is 19.7 Å². The third-order valence-electron chi connectivity index (χ3n) is 6.24. The molecule has 4 fully saturated rings. The maximum atomic E-state index is 10.3. The van der Waals surface area contributed by atoms with Gasteiger partial charge in [0.25, 0.3) is 0 Å². The second kappa shape index (κ2) is 5.79. The number of aliphatic hydroxyl groups excluding tert-OH is 2. The quantitative estimate of drug-likeness (QED) is 0.724. The van der Waals surface area contributed by atoms with E-state index in [9.17, 15) is 10.2 Å². The van der Waals surface area contributed by atoms with Gasteiger partial charge in [0, 0.05) is 18.3 Å².